The Morgan fingerprint density at radius 3 is 2.74 bits per heavy atom. The summed E-state index contributed by atoms with van der Waals surface area (Å²) in [5, 5.41) is 10.9. The number of hydrogen-bond donors (Lipinski definition) is 2. The summed E-state index contributed by atoms with van der Waals surface area (Å²) in [7, 11) is 0. The van der Waals surface area contributed by atoms with E-state index in [0.717, 1.165) is 16.3 Å². The lowest BCUT2D eigenvalue weighted by molar-refractivity contribution is -0.137. The van der Waals surface area contributed by atoms with Crippen LogP contribution in [0.4, 0.5) is 0 Å². The number of rotatable bonds is 4. The highest BCUT2D eigenvalue weighted by Crippen LogP contribution is 2.27. The molecule has 1 heterocycles. The first-order chi connectivity index (χ1) is 8.99. The predicted octanol–water partition coefficient (Wildman–Crippen LogP) is 2.83. The van der Waals surface area contributed by atoms with Crippen molar-refractivity contribution >= 4 is 16.7 Å². The van der Waals surface area contributed by atoms with Gasteiger partial charge in [0.05, 0.1) is 6.42 Å². The fourth-order valence-electron chi connectivity index (χ4n) is 2.22. The topological polar surface area (TPSA) is 76.2 Å². The number of carbonyl (C=O) groups is 1. The van der Waals surface area contributed by atoms with E-state index >= 15 is 0 Å². The Kier molecular flexibility index (Phi) is 3.81. The van der Waals surface area contributed by atoms with E-state index in [4.69, 9.17) is 10.8 Å². The van der Waals surface area contributed by atoms with Gasteiger partial charge in [0, 0.05) is 23.8 Å². The number of nitrogens with two attached hydrogens (primary N) is 1. The Hall–Kier alpha value is -1.94. The summed E-state index contributed by atoms with van der Waals surface area (Å²) in [6.07, 6.45) is 3.60. The van der Waals surface area contributed by atoms with Gasteiger partial charge in [-0.15, -0.1) is 0 Å². The van der Waals surface area contributed by atoms with Crippen LogP contribution in [0.2, 0.25) is 0 Å². The molecule has 0 saturated heterocycles. The van der Waals surface area contributed by atoms with Gasteiger partial charge in [-0.2, -0.15) is 0 Å². The zero-order valence-electron chi connectivity index (χ0n) is 11.1. The van der Waals surface area contributed by atoms with E-state index in [9.17, 15) is 4.79 Å². The molecule has 0 aliphatic rings. The third-order valence-corrected chi connectivity index (χ3v) is 3.26. The van der Waals surface area contributed by atoms with Gasteiger partial charge in [-0.05, 0) is 28.5 Å². The number of aromatic nitrogens is 1. The van der Waals surface area contributed by atoms with E-state index in [2.05, 4.69) is 18.8 Å². The molecular formula is C15H18N2O2. The Morgan fingerprint density at radius 2 is 2.11 bits per heavy atom. The summed E-state index contributed by atoms with van der Waals surface area (Å²) < 4.78 is 0. The van der Waals surface area contributed by atoms with Crippen LogP contribution in [0.5, 0.6) is 0 Å². The van der Waals surface area contributed by atoms with Crippen LogP contribution >= 0.6 is 0 Å². The van der Waals surface area contributed by atoms with E-state index in [0.29, 0.717) is 5.92 Å². The van der Waals surface area contributed by atoms with Crippen molar-refractivity contribution in [1.82, 2.24) is 4.98 Å². The largest absolute Gasteiger partial charge is 0.481 e. The standard InChI is InChI=1S/C15H18N2O2/c1-9(2)13-8-17-7-11-5-10(3-4-12(11)13)14(16)6-15(18)19/h3-5,7-9,14H,6,16H2,1-2H3,(H,18,19). The summed E-state index contributed by atoms with van der Waals surface area (Å²) in [4.78, 5) is 14.9. The number of aliphatic carboxylic acids is 1. The zero-order chi connectivity index (χ0) is 14.0. The van der Waals surface area contributed by atoms with Crippen molar-refractivity contribution in [1.29, 1.82) is 0 Å². The molecule has 0 aliphatic heterocycles. The average molecular weight is 258 g/mol. The fraction of sp³-hybridized carbons (Fsp3) is 0.333. The third kappa shape index (κ3) is 2.90. The van der Waals surface area contributed by atoms with Gasteiger partial charge in [0.2, 0.25) is 0 Å². The van der Waals surface area contributed by atoms with Crippen LogP contribution in [0.25, 0.3) is 10.8 Å². The normalized spacial score (nSPS) is 12.8. The molecule has 1 aromatic heterocycles. The number of hydrogen-bond acceptors (Lipinski definition) is 3. The number of carboxylic acid groups (broad SMARTS) is 1. The van der Waals surface area contributed by atoms with Gasteiger partial charge in [0.1, 0.15) is 0 Å². The van der Waals surface area contributed by atoms with Crippen molar-refractivity contribution in [3.05, 3.63) is 41.7 Å². The van der Waals surface area contributed by atoms with E-state index in [-0.39, 0.29) is 6.42 Å². The van der Waals surface area contributed by atoms with Crippen LogP contribution in [0.1, 0.15) is 43.4 Å². The minimum absolute atomic E-state index is 0.0667. The van der Waals surface area contributed by atoms with Gasteiger partial charge in [0.25, 0.3) is 0 Å². The van der Waals surface area contributed by atoms with Gasteiger partial charge < -0.3 is 10.8 Å². The molecule has 0 fully saturated rings. The van der Waals surface area contributed by atoms with Gasteiger partial charge in [0.15, 0.2) is 0 Å². The van der Waals surface area contributed by atoms with E-state index in [1.165, 1.54) is 5.56 Å². The monoisotopic (exact) mass is 258 g/mol. The quantitative estimate of drug-likeness (QED) is 0.884. The van der Waals surface area contributed by atoms with Crippen molar-refractivity contribution < 1.29 is 9.90 Å². The first kappa shape index (κ1) is 13.5. The van der Waals surface area contributed by atoms with Crippen molar-refractivity contribution in [2.24, 2.45) is 5.73 Å². The number of fused-ring (bicyclic) bond motifs is 1. The van der Waals surface area contributed by atoms with E-state index in [1.807, 2.05) is 24.4 Å². The van der Waals surface area contributed by atoms with Crippen molar-refractivity contribution in [3.63, 3.8) is 0 Å². The summed E-state index contributed by atoms with van der Waals surface area (Å²) in [5.41, 5.74) is 7.91. The van der Waals surface area contributed by atoms with E-state index in [1.54, 1.807) is 6.20 Å². The molecular weight excluding hydrogens is 240 g/mol. The smallest absolute Gasteiger partial charge is 0.305 e. The summed E-state index contributed by atoms with van der Waals surface area (Å²) in [6, 6.07) is 5.36. The Bertz CT molecular complexity index is 608. The Labute approximate surface area is 112 Å². The van der Waals surface area contributed by atoms with Gasteiger partial charge in [-0.1, -0.05) is 26.0 Å². The number of pyridine rings is 1. The molecule has 0 amide bonds. The zero-order valence-corrected chi connectivity index (χ0v) is 11.1. The first-order valence-electron chi connectivity index (χ1n) is 6.34. The maximum absolute atomic E-state index is 10.7. The lowest BCUT2D eigenvalue weighted by Gasteiger charge is -2.13. The maximum atomic E-state index is 10.7. The SMILES string of the molecule is CC(C)c1cncc2cc(C(N)CC(=O)O)ccc12. The average Bonchev–Trinajstić information content (AvgIpc) is 2.36. The second-order valence-corrected chi connectivity index (χ2v) is 5.07. The summed E-state index contributed by atoms with van der Waals surface area (Å²) >= 11 is 0. The molecule has 0 radical (unpaired) electrons. The number of benzene rings is 1. The van der Waals surface area contributed by atoms with Crippen molar-refractivity contribution in [3.8, 4) is 0 Å². The second kappa shape index (κ2) is 5.36. The van der Waals surface area contributed by atoms with Crippen LogP contribution in [0, 0.1) is 0 Å². The van der Waals surface area contributed by atoms with Crippen LogP contribution in [-0.2, 0) is 4.79 Å². The van der Waals surface area contributed by atoms with Crippen molar-refractivity contribution in [2.75, 3.05) is 0 Å². The van der Waals surface area contributed by atoms with Gasteiger partial charge >= 0.3 is 5.97 Å². The second-order valence-electron chi connectivity index (χ2n) is 5.07. The molecule has 19 heavy (non-hydrogen) atoms. The van der Waals surface area contributed by atoms with Crippen LogP contribution in [0.3, 0.4) is 0 Å². The molecule has 1 aromatic carbocycles. The summed E-state index contributed by atoms with van der Waals surface area (Å²) in [6.45, 7) is 4.25. The molecule has 1 atom stereocenters. The maximum Gasteiger partial charge on any atom is 0.305 e. The molecule has 0 saturated carbocycles. The molecule has 2 rings (SSSR count). The van der Waals surface area contributed by atoms with Crippen LogP contribution < -0.4 is 5.73 Å². The van der Waals surface area contributed by atoms with E-state index < -0.39 is 12.0 Å². The first-order valence-corrected chi connectivity index (χ1v) is 6.34. The highest BCUT2D eigenvalue weighted by molar-refractivity contribution is 5.86. The highest BCUT2D eigenvalue weighted by atomic mass is 16.4. The molecule has 0 aliphatic carbocycles. The molecule has 3 N–H and O–H groups in total. The lowest BCUT2D eigenvalue weighted by atomic mass is 9.95. The molecule has 1 unspecified atom stereocenters. The minimum atomic E-state index is -0.887. The van der Waals surface area contributed by atoms with Gasteiger partial charge in [-0.25, -0.2) is 0 Å². The molecule has 0 bridgehead atoms. The predicted molar refractivity (Wildman–Crippen MR) is 75.0 cm³/mol. The molecule has 4 nitrogen and oxygen atoms in total. The fourth-order valence-corrected chi connectivity index (χ4v) is 2.22. The van der Waals surface area contributed by atoms with Crippen LogP contribution in [0.15, 0.2) is 30.6 Å². The van der Waals surface area contributed by atoms with Crippen molar-refractivity contribution in [2.45, 2.75) is 32.2 Å². The highest BCUT2D eigenvalue weighted by Gasteiger charge is 2.12. The van der Waals surface area contributed by atoms with Crippen LogP contribution in [-0.4, -0.2) is 16.1 Å². The molecule has 0 spiro atoms. The Balaban J connectivity index is 2.44. The third-order valence-electron chi connectivity index (χ3n) is 3.26. The lowest BCUT2D eigenvalue weighted by Crippen LogP contribution is -2.14. The Morgan fingerprint density at radius 1 is 1.37 bits per heavy atom. The molecule has 100 valence electrons. The minimum Gasteiger partial charge on any atom is -0.481 e. The number of carboxylic acids is 1. The molecule has 4 heteroatoms. The summed E-state index contributed by atoms with van der Waals surface area (Å²) in [5.74, 6) is -0.489. The molecule has 2 aromatic rings. The van der Waals surface area contributed by atoms with Gasteiger partial charge in [-0.3, -0.25) is 9.78 Å². The number of nitrogens with zero attached hydrogens (tertiary/aromatic N) is 1.